The molecule has 0 saturated heterocycles. The van der Waals surface area contributed by atoms with Gasteiger partial charge in [0, 0.05) is 18.6 Å². The molecule has 24 heavy (non-hydrogen) atoms. The minimum absolute atomic E-state index is 0.248. The van der Waals surface area contributed by atoms with E-state index in [1.54, 1.807) is 36.4 Å². The molecule has 3 aromatic rings. The zero-order chi connectivity index (χ0) is 16.9. The first-order valence-electron chi connectivity index (χ1n) is 7.02. The second-order valence-corrected chi connectivity index (χ2v) is 5.34. The van der Waals surface area contributed by atoms with Crippen LogP contribution in [0.5, 0.6) is 11.6 Å². The number of aromatic nitrogens is 3. The van der Waals surface area contributed by atoms with Gasteiger partial charge >= 0.3 is 0 Å². The topological polar surface area (TPSA) is 91.7 Å². The lowest BCUT2D eigenvalue weighted by molar-refractivity contribution is 0.462. The van der Waals surface area contributed by atoms with E-state index < -0.39 is 0 Å². The fourth-order valence-electron chi connectivity index (χ4n) is 2.06. The Morgan fingerprint density at radius 1 is 1.21 bits per heavy atom. The first kappa shape index (κ1) is 15.7. The minimum atomic E-state index is -0.248. The smallest absolute Gasteiger partial charge is 0.264 e. The van der Waals surface area contributed by atoms with E-state index in [0.29, 0.717) is 22.9 Å². The zero-order valence-electron chi connectivity index (χ0n) is 12.4. The van der Waals surface area contributed by atoms with Gasteiger partial charge in [0.05, 0.1) is 10.7 Å². The van der Waals surface area contributed by atoms with Gasteiger partial charge in [-0.15, -0.1) is 0 Å². The summed E-state index contributed by atoms with van der Waals surface area (Å²) in [6.07, 6.45) is 0.510. The lowest BCUT2D eigenvalue weighted by atomic mass is 10.1. The molecule has 1 N–H and O–H groups in total. The van der Waals surface area contributed by atoms with Gasteiger partial charge in [-0.05, 0) is 29.8 Å². The van der Waals surface area contributed by atoms with Crippen LogP contribution in [-0.4, -0.2) is 15.2 Å². The van der Waals surface area contributed by atoms with Gasteiger partial charge in [-0.3, -0.25) is 4.79 Å². The third kappa shape index (κ3) is 3.77. The molecule has 6 nitrogen and oxygen atoms in total. The van der Waals surface area contributed by atoms with Crippen LogP contribution in [0.1, 0.15) is 17.0 Å². The van der Waals surface area contributed by atoms with Gasteiger partial charge in [0.1, 0.15) is 17.5 Å². The highest BCUT2D eigenvalue weighted by atomic mass is 35.5. The van der Waals surface area contributed by atoms with Crippen molar-refractivity contribution < 1.29 is 4.74 Å². The van der Waals surface area contributed by atoms with E-state index in [0.717, 1.165) is 5.56 Å². The molecule has 0 spiro atoms. The first-order valence-corrected chi connectivity index (χ1v) is 7.40. The molecule has 7 heteroatoms. The molecule has 3 rings (SSSR count). The molecule has 0 unspecified atom stereocenters. The molecule has 0 fully saturated rings. The second kappa shape index (κ2) is 6.94. The Hall–Kier alpha value is -3.17. The molecule has 0 atom stereocenters. The standard InChI is InChI=1S/C17H11ClN4O2/c18-14-6-4-11(8-12-5-7-16(23)22-21-12)9-15(14)24-17-3-1-2-13(10-19)20-17/h1-7,9H,8H2,(H,22,23). The van der Waals surface area contributed by atoms with Gasteiger partial charge in [-0.2, -0.15) is 10.4 Å². The molecule has 0 saturated carbocycles. The number of nitrogens with one attached hydrogen (secondary N) is 1. The second-order valence-electron chi connectivity index (χ2n) is 4.93. The molecule has 0 aliphatic rings. The lowest BCUT2D eigenvalue weighted by Crippen LogP contribution is -2.07. The van der Waals surface area contributed by atoms with Gasteiger partial charge in [-0.25, -0.2) is 10.1 Å². The Morgan fingerprint density at radius 2 is 2.08 bits per heavy atom. The van der Waals surface area contributed by atoms with E-state index in [1.807, 2.05) is 12.1 Å². The van der Waals surface area contributed by atoms with E-state index >= 15 is 0 Å². The van der Waals surface area contributed by atoms with Crippen LogP contribution in [0.3, 0.4) is 0 Å². The summed E-state index contributed by atoms with van der Waals surface area (Å²) in [6.45, 7) is 0. The predicted octanol–water partition coefficient (Wildman–Crippen LogP) is 3.07. The minimum Gasteiger partial charge on any atom is -0.437 e. The van der Waals surface area contributed by atoms with E-state index in [4.69, 9.17) is 21.6 Å². The number of H-pyrrole nitrogens is 1. The zero-order valence-corrected chi connectivity index (χ0v) is 13.1. The number of rotatable bonds is 4. The van der Waals surface area contributed by atoms with E-state index in [9.17, 15) is 4.79 Å². The molecule has 0 bridgehead atoms. The molecular weight excluding hydrogens is 328 g/mol. The maximum atomic E-state index is 11.0. The van der Waals surface area contributed by atoms with Crippen molar-refractivity contribution in [3.8, 4) is 17.7 Å². The first-order chi connectivity index (χ1) is 11.6. The quantitative estimate of drug-likeness (QED) is 0.789. The van der Waals surface area contributed by atoms with Crippen molar-refractivity contribution in [3.05, 3.63) is 80.9 Å². The summed E-state index contributed by atoms with van der Waals surface area (Å²) in [5.41, 5.74) is 1.64. The van der Waals surface area contributed by atoms with Crippen molar-refractivity contribution in [3.63, 3.8) is 0 Å². The van der Waals surface area contributed by atoms with Crippen LogP contribution in [0.25, 0.3) is 0 Å². The average molecular weight is 339 g/mol. The monoisotopic (exact) mass is 338 g/mol. The van der Waals surface area contributed by atoms with Crippen molar-refractivity contribution in [2.75, 3.05) is 0 Å². The number of pyridine rings is 1. The van der Waals surface area contributed by atoms with Crippen molar-refractivity contribution >= 4 is 11.6 Å². The van der Waals surface area contributed by atoms with Crippen LogP contribution >= 0.6 is 11.6 Å². The van der Waals surface area contributed by atoms with E-state index in [1.165, 1.54) is 6.07 Å². The largest absolute Gasteiger partial charge is 0.437 e. The fourth-order valence-corrected chi connectivity index (χ4v) is 2.22. The van der Waals surface area contributed by atoms with Gasteiger partial charge in [0.15, 0.2) is 0 Å². The number of benzene rings is 1. The van der Waals surface area contributed by atoms with Crippen LogP contribution in [0, 0.1) is 11.3 Å². The van der Waals surface area contributed by atoms with Gasteiger partial charge in [-0.1, -0.05) is 23.7 Å². The van der Waals surface area contributed by atoms with Crippen molar-refractivity contribution in [1.82, 2.24) is 15.2 Å². The molecule has 0 amide bonds. The normalized spacial score (nSPS) is 10.2. The maximum Gasteiger partial charge on any atom is 0.264 e. The van der Waals surface area contributed by atoms with E-state index in [-0.39, 0.29) is 17.1 Å². The summed E-state index contributed by atoms with van der Waals surface area (Å²) >= 11 is 6.16. The molecule has 118 valence electrons. The highest BCUT2D eigenvalue weighted by Crippen LogP contribution is 2.30. The third-order valence-corrected chi connectivity index (χ3v) is 3.48. The summed E-state index contributed by atoms with van der Waals surface area (Å²) in [5, 5.41) is 15.7. The van der Waals surface area contributed by atoms with Crippen molar-refractivity contribution in [2.45, 2.75) is 6.42 Å². The van der Waals surface area contributed by atoms with Crippen molar-refractivity contribution in [2.24, 2.45) is 0 Å². The van der Waals surface area contributed by atoms with Gasteiger partial charge in [0.25, 0.3) is 5.56 Å². The number of nitrogens with zero attached hydrogens (tertiary/aromatic N) is 3. The number of ether oxygens (including phenoxy) is 1. The lowest BCUT2D eigenvalue weighted by Gasteiger charge is -2.09. The summed E-state index contributed by atoms with van der Waals surface area (Å²) in [6, 6.07) is 15.3. The fraction of sp³-hybridized carbons (Fsp3) is 0.0588. The van der Waals surface area contributed by atoms with E-state index in [2.05, 4.69) is 15.2 Å². The number of halogens is 1. The Balaban J connectivity index is 1.84. The summed E-state index contributed by atoms with van der Waals surface area (Å²) < 4.78 is 5.68. The third-order valence-electron chi connectivity index (χ3n) is 3.17. The summed E-state index contributed by atoms with van der Waals surface area (Å²) in [5.74, 6) is 0.719. The van der Waals surface area contributed by atoms with Gasteiger partial charge < -0.3 is 4.74 Å². The summed E-state index contributed by atoms with van der Waals surface area (Å²) in [4.78, 5) is 15.1. The Bertz CT molecular complexity index is 958. The SMILES string of the molecule is N#Cc1cccc(Oc2cc(Cc3ccc(=O)[nH]n3)ccc2Cl)n1. The molecule has 2 aromatic heterocycles. The molecular formula is C17H11ClN4O2. The highest BCUT2D eigenvalue weighted by molar-refractivity contribution is 6.32. The molecule has 1 aromatic carbocycles. The molecule has 0 radical (unpaired) electrons. The average Bonchev–Trinajstić information content (AvgIpc) is 2.60. The van der Waals surface area contributed by atoms with Crippen LogP contribution in [0.4, 0.5) is 0 Å². The van der Waals surface area contributed by atoms with Crippen LogP contribution < -0.4 is 10.3 Å². The van der Waals surface area contributed by atoms with Crippen molar-refractivity contribution in [1.29, 1.82) is 5.26 Å². The predicted molar refractivity (Wildman–Crippen MR) is 88.1 cm³/mol. The highest BCUT2D eigenvalue weighted by Gasteiger charge is 2.08. The maximum absolute atomic E-state index is 11.0. The number of hydrogen-bond acceptors (Lipinski definition) is 5. The number of aromatic amines is 1. The molecule has 2 heterocycles. The Morgan fingerprint density at radius 3 is 2.83 bits per heavy atom. The molecule has 0 aliphatic heterocycles. The molecule has 0 aliphatic carbocycles. The van der Waals surface area contributed by atoms with Crippen LogP contribution in [-0.2, 0) is 6.42 Å². The Kier molecular flexibility index (Phi) is 4.54. The number of nitriles is 1. The van der Waals surface area contributed by atoms with Gasteiger partial charge in [0.2, 0.25) is 5.88 Å². The van der Waals surface area contributed by atoms with Crippen LogP contribution in [0.15, 0.2) is 53.3 Å². The Labute approximate surface area is 142 Å². The number of hydrogen-bond donors (Lipinski definition) is 1. The van der Waals surface area contributed by atoms with Crippen LogP contribution in [0.2, 0.25) is 5.02 Å². The summed E-state index contributed by atoms with van der Waals surface area (Å²) in [7, 11) is 0.